The number of carbonyl (C=O) groups excluding carboxylic acids is 1. The van der Waals surface area contributed by atoms with Crippen molar-refractivity contribution < 1.29 is 14.7 Å². The molecule has 0 spiro atoms. The predicted molar refractivity (Wildman–Crippen MR) is 63.6 cm³/mol. The van der Waals surface area contributed by atoms with Gasteiger partial charge >= 0.3 is 12.0 Å². The topological polar surface area (TPSA) is 102 Å². The van der Waals surface area contributed by atoms with Gasteiger partial charge < -0.3 is 15.7 Å². The van der Waals surface area contributed by atoms with Gasteiger partial charge in [0.25, 0.3) is 0 Å². The number of carbonyl (C=O) groups is 2. The first-order valence-corrected chi connectivity index (χ1v) is 5.29. The molecule has 0 heterocycles. The maximum atomic E-state index is 11.3. The standard InChI is InChI=1S/C12H13N3O3/c1-8(11(16)17)15-12(18)14-7-10-4-2-3-9(5-10)6-13/h2-5,8H,7H2,1H3,(H,16,17)(H2,14,15,18)/t8-/m0/s1. The largest absolute Gasteiger partial charge is 0.480 e. The highest BCUT2D eigenvalue weighted by molar-refractivity contribution is 5.82. The van der Waals surface area contributed by atoms with Crippen molar-refractivity contribution in [3.8, 4) is 6.07 Å². The average molecular weight is 247 g/mol. The Balaban J connectivity index is 2.47. The highest BCUT2D eigenvalue weighted by atomic mass is 16.4. The molecular formula is C12H13N3O3. The number of nitrogens with zero attached hydrogens (tertiary/aromatic N) is 1. The van der Waals surface area contributed by atoms with Gasteiger partial charge in [-0.1, -0.05) is 12.1 Å². The van der Waals surface area contributed by atoms with Gasteiger partial charge in [-0.3, -0.25) is 4.79 Å². The molecule has 1 rings (SSSR count). The molecule has 1 atom stereocenters. The fourth-order valence-corrected chi connectivity index (χ4v) is 1.24. The Labute approximate surface area is 104 Å². The summed E-state index contributed by atoms with van der Waals surface area (Å²) in [6.07, 6.45) is 0. The van der Waals surface area contributed by atoms with Crippen molar-refractivity contribution in [3.63, 3.8) is 0 Å². The Hall–Kier alpha value is -2.55. The number of benzene rings is 1. The molecule has 0 radical (unpaired) electrons. The Bertz CT molecular complexity index is 494. The third kappa shape index (κ3) is 4.14. The number of carboxylic acids is 1. The Morgan fingerprint density at radius 1 is 1.50 bits per heavy atom. The SMILES string of the molecule is C[C@H](NC(=O)NCc1cccc(C#N)c1)C(=O)O. The first-order chi connectivity index (χ1) is 8.52. The highest BCUT2D eigenvalue weighted by Crippen LogP contribution is 2.03. The minimum Gasteiger partial charge on any atom is -0.480 e. The molecule has 0 aromatic heterocycles. The van der Waals surface area contributed by atoms with Crippen LogP contribution in [0, 0.1) is 11.3 Å². The molecule has 0 aliphatic carbocycles. The molecule has 94 valence electrons. The molecule has 0 bridgehead atoms. The van der Waals surface area contributed by atoms with E-state index < -0.39 is 18.0 Å². The summed E-state index contributed by atoms with van der Waals surface area (Å²) >= 11 is 0. The summed E-state index contributed by atoms with van der Waals surface area (Å²) in [5, 5.41) is 22.1. The number of nitrogens with one attached hydrogen (secondary N) is 2. The summed E-state index contributed by atoms with van der Waals surface area (Å²) in [6, 6.07) is 7.28. The lowest BCUT2D eigenvalue weighted by Crippen LogP contribution is -2.44. The summed E-state index contributed by atoms with van der Waals surface area (Å²) in [4.78, 5) is 21.8. The van der Waals surface area contributed by atoms with E-state index in [1.54, 1.807) is 24.3 Å². The van der Waals surface area contributed by atoms with Crippen LogP contribution in [0.25, 0.3) is 0 Å². The second-order valence-electron chi connectivity index (χ2n) is 3.70. The number of amides is 2. The zero-order valence-electron chi connectivity index (χ0n) is 9.80. The number of hydrogen-bond acceptors (Lipinski definition) is 3. The van der Waals surface area contributed by atoms with Crippen LogP contribution in [0.3, 0.4) is 0 Å². The maximum Gasteiger partial charge on any atom is 0.325 e. The molecule has 0 saturated heterocycles. The number of rotatable bonds is 4. The van der Waals surface area contributed by atoms with Crippen LogP contribution < -0.4 is 10.6 Å². The van der Waals surface area contributed by atoms with Crippen LogP contribution in [0.5, 0.6) is 0 Å². The summed E-state index contributed by atoms with van der Waals surface area (Å²) in [7, 11) is 0. The van der Waals surface area contributed by atoms with Crippen LogP contribution in [0.4, 0.5) is 4.79 Å². The molecule has 0 fully saturated rings. The van der Waals surface area contributed by atoms with E-state index in [4.69, 9.17) is 10.4 Å². The van der Waals surface area contributed by atoms with E-state index in [0.29, 0.717) is 5.56 Å². The van der Waals surface area contributed by atoms with Gasteiger partial charge in [0, 0.05) is 6.54 Å². The third-order valence-corrected chi connectivity index (χ3v) is 2.23. The summed E-state index contributed by atoms with van der Waals surface area (Å²) in [5.41, 5.74) is 1.28. The van der Waals surface area contributed by atoms with Crippen LogP contribution in [0.2, 0.25) is 0 Å². The normalized spacial score (nSPS) is 11.1. The average Bonchev–Trinajstić information content (AvgIpc) is 2.36. The molecule has 0 aliphatic heterocycles. The van der Waals surface area contributed by atoms with Crippen molar-refractivity contribution in [2.45, 2.75) is 19.5 Å². The molecule has 2 amide bonds. The van der Waals surface area contributed by atoms with Crippen molar-refractivity contribution in [3.05, 3.63) is 35.4 Å². The van der Waals surface area contributed by atoms with Gasteiger partial charge in [0.05, 0.1) is 11.6 Å². The number of carboxylic acid groups (broad SMARTS) is 1. The molecule has 6 heteroatoms. The van der Waals surface area contributed by atoms with Gasteiger partial charge in [-0.15, -0.1) is 0 Å². The maximum absolute atomic E-state index is 11.3. The van der Waals surface area contributed by atoms with E-state index in [1.165, 1.54) is 6.92 Å². The van der Waals surface area contributed by atoms with Crippen LogP contribution >= 0.6 is 0 Å². The summed E-state index contributed by atoms with van der Waals surface area (Å²) in [6.45, 7) is 1.60. The summed E-state index contributed by atoms with van der Waals surface area (Å²) in [5.74, 6) is -1.10. The molecule has 0 saturated carbocycles. The first kappa shape index (κ1) is 13.5. The molecule has 0 aliphatic rings. The van der Waals surface area contributed by atoms with E-state index in [-0.39, 0.29) is 6.54 Å². The molecule has 18 heavy (non-hydrogen) atoms. The van der Waals surface area contributed by atoms with Crippen LogP contribution in [0.1, 0.15) is 18.1 Å². The van der Waals surface area contributed by atoms with Crippen molar-refractivity contribution in [2.75, 3.05) is 0 Å². The zero-order chi connectivity index (χ0) is 13.5. The van der Waals surface area contributed by atoms with Crippen molar-refractivity contribution >= 4 is 12.0 Å². The summed E-state index contributed by atoms with van der Waals surface area (Å²) < 4.78 is 0. The van der Waals surface area contributed by atoms with E-state index in [2.05, 4.69) is 10.6 Å². The lowest BCUT2D eigenvalue weighted by atomic mass is 10.1. The monoisotopic (exact) mass is 247 g/mol. The van der Waals surface area contributed by atoms with Gasteiger partial charge in [0.15, 0.2) is 0 Å². The fraction of sp³-hybridized carbons (Fsp3) is 0.250. The lowest BCUT2D eigenvalue weighted by Gasteiger charge is -2.10. The van der Waals surface area contributed by atoms with Gasteiger partial charge in [0.1, 0.15) is 6.04 Å². The zero-order valence-corrected chi connectivity index (χ0v) is 9.80. The second-order valence-corrected chi connectivity index (χ2v) is 3.70. The minimum atomic E-state index is -1.10. The molecule has 3 N–H and O–H groups in total. The second kappa shape index (κ2) is 6.25. The predicted octanol–water partition coefficient (Wildman–Crippen LogP) is 0.831. The van der Waals surface area contributed by atoms with Crippen LogP contribution in [-0.2, 0) is 11.3 Å². The number of aliphatic carboxylic acids is 1. The number of hydrogen-bond donors (Lipinski definition) is 3. The Morgan fingerprint density at radius 2 is 2.22 bits per heavy atom. The first-order valence-electron chi connectivity index (χ1n) is 5.29. The Morgan fingerprint density at radius 3 is 2.83 bits per heavy atom. The van der Waals surface area contributed by atoms with Crippen molar-refractivity contribution in [2.24, 2.45) is 0 Å². The van der Waals surface area contributed by atoms with E-state index in [9.17, 15) is 9.59 Å². The number of nitriles is 1. The van der Waals surface area contributed by atoms with E-state index in [1.807, 2.05) is 6.07 Å². The van der Waals surface area contributed by atoms with Gasteiger partial charge in [-0.2, -0.15) is 5.26 Å². The highest BCUT2D eigenvalue weighted by Gasteiger charge is 2.13. The minimum absolute atomic E-state index is 0.230. The van der Waals surface area contributed by atoms with Gasteiger partial charge in [-0.25, -0.2) is 4.79 Å². The fourth-order valence-electron chi connectivity index (χ4n) is 1.24. The molecule has 0 unspecified atom stereocenters. The van der Waals surface area contributed by atoms with Gasteiger partial charge in [0.2, 0.25) is 0 Å². The van der Waals surface area contributed by atoms with Gasteiger partial charge in [-0.05, 0) is 24.6 Å². The third-order valence-electron chi connectivity index (χ3n) is 2.23. The van der Waals surface area contributed by atoms with Crippen molar-refractivity contribution in [1.29, 1.82) is 5.26 Å². The Kier molecular flexibility index (Phi) is 4.69. The molecular weight excluding hydrogens is 234 g/mol. The van der Waals surface area contributed by atoms with E-state index in [0.717, 1.165) is 5.56 Å². The van der Waals surface area contributed by atoms with Crippen LogP contribution in [-0.4, -0.2) is 23.1 Å². The lowest BCUT2D eigenvalue weighted by molar-refractivity contribution is -0.138. The van der Waals surface area contributed by atoms with Crippen LogP contribution in [0.15, 0.2) is 24.3 Å². The molecule has 6 nitrogen and oxygen atoms in total. The molecule has 1 aromatic carbocycles. The smallest absolute Gasteiger partial charge is 0.325 e. The van der Waals surface area contributed by atoms with E-state index >= 15 is 0 Å². The van der Waals surface area contributed by atoms with Crippen molar-refractivity contribution in [1.82, 2.24) is 10.6 Å². The number of urea groups is 1. The molecule has 1 aromatic rings. The quantitative estimate of drug-likeness (QED) is 0.733.